The van der Waals surface area contributed by atoms with E-state index in [-0.39, 0.29) is 154 Å². The van der Waals surface area contributed by atoms with E-state index in [0.717, 1.165) is 67.3 Å². The first kappa shape index (κ1) is 47.9. The molecule has 6 saturated heterocycles. The van der Waals surface area contributed by atoms with Gasteiger partial charge in [-0.15, -0.1) is 0 Å². The fourth-order valence-corrected chi connectivity index (χ4v) is 14.7. The highest BCUT2D eigenvalue weighted by Gasteiger charge is 2.31. The Balaban J connectivity index is 0.000000175. The van der Waals surface area contributed by atoms with Crippen LogP contribution < -0.4 is 30.7 Å². The number of carbonyl (C=O) groups is 3. The van der Waals surface area contributed by atoms with E-state index in [9.17, 15) is 40.7 Å². The van der Waals surface area contributed by atoms with Crippen LogP contribution in [0.5, 0.6) is 0 Å². The van der Waals surface area contributed by atoms with E-state index >= 15 is 0 Å². The van der Waals surface area contributed by atoms with Gasteiger partial charge in [-0.05, 0) is 292 Å². The summed E-state index contributed by atoms with van der Waals surface area (Å²) in [7, 11) is 0.912. The second kappa shape index (κ2) is 39.8. The van der Waals surface area contributed by atoms with Crippen molar-refractivity contribution in [2.45, 2.75) is 96.5 Å². The summed E-state index contributed by atoms with van der Waals surface area (Å²) in [6.45, 7) is -45.7. The number of carbonyl (C=O) groups excluding carboxylic acids is 3. The van der Waals surface area contributed by atoms with Crippen LogP contribution in [0.1, 0.15) is 212 Å². The Bertz CT molecular complexity index is 7460. The second-order valence-corrected chi connectivity index (χ2v) is 29.6. The molecule has 24 heteroatoms. The molecule has 18 nitrogen and oxygen atoms in total. The number of nitrogens with one attached hydrogen (secondary N) is 3. The topological polar surface area (TPSA) is 172 Å². The van der Waals surface area contributed by atoms with Crippen LogP contribution in [0, 0.1) is 52.7 Å². The maximum absolute atomic E-state index is 14.3. The number of benzene rings is 9. The molecule has 3 amide bonds. The monoisotopic (exact) mass is 1720 g/mol. The zero-order chi connectivity index (χ0) is 123. The van der Waals surface area contributed by atoms with E-state index in [1.165, 1.54) is 59.5 Å². The first-order chi connectivity index (χ1) is 76.0. The van der Waals surface area contributed by atoms with Crippen LogP contribution >= 0.6 is 0 Å². The Hall–Kier alpha value is -10.9. The molecule has 9 aromatic rings. The third-order valence-corrected chi connectivity index (χ3v) is 20.8. The quantitative estimate of drug-likeness (QED) is 0.0696. The maximum atomic E-state index is 14.3. The number of likely N-dealkylation sites (N-methyl/N-ethyl adjacent to an activating group) is 3. The van der Waals surface area contributed by atoms with Crippen LogP contribution in [0.3, 0.4) is 0 Å². The van der Waals surface area contributed by atoms with Crippen LogP contribution in [-0.4, -0.2) is 188 Å². The summed E-state index contributed by atoms with van der Waals surface area (Å²) < 4.78 is 456. The lowest BCUT2D eigenvalue weighted by atomic mass is 9.89. The number of hydrogen-bond donors (Lipinski definition) is 3. The fourth-order valence-electron chi connectivity index (χ4n) is 14.7. The maximum Gasteiger partial charge on any atom is 0.257 e. The van der Waals surface area contributed by atoms with E-state index in [2.05, 4.69) is 30.9 Å². The molecule has 9 heterocycles. The van der Waals surface area contributed by atoms with Crippen molar-refractivity contribution in [3.05, 3.63) is 299 Å². The number of amides is 3. The highest BCUT2D eigenvalue weighted by atomic mass is 19.2. The minimum Gasteiger partial charge on any atom is -0.381 e. The molecule has 0 aliphatic carbocycles. The van der Waals surface area contributed by atoms with Gasteiger partial charge >= 0.3 is 0 Å². The number of piperazine rings is 3. The number of anilines is 3. The Labute approximate surface area is 776 Å². The van der Waals surface area contributed by atoms with Gasteiger partial charge in [-0.3, -0.25) is 29.4 Å². The Morgan fingerprint density at radius 1 is 0.382 bits per heavy atom. The van der Waals surface area contributed by atoms with Gasteiger partial charge in [0.25, 0.3) is 17.7 Å². The number of rotatable bonds is 18. The van der Waals surface area contributed by atoms with Gasteiger partial charge in [0.1, 0.15) is 52.4 Å². The lowest BCUT2D eigenvalue weighted by Gasteiger charge is -2.34. The summed E-state index contributed by atoms with van der Waals surface area (Å²) >= 11 is 0. The number of amidine groups is 3. The van der Waals surface area contributed by atoms with E-state index in [1.807, 2.05) is 4.90 Å². The first-order valence-corrected chi connectivity index (χ1v) is 39.0. The lowest BCUT2D eigenvalue weighted by molar-refractivity contribution is 0.0663. The number of nitrogens with zero attached hydrogens (tertiary/aromatic N) is 9. The summed E-state index contributed by atoms with van der Waals surface area (Å²) in [5.41, 5.74) is 1.57. The number of aliphatic imine (C=N–C) groups is 3. The van der Waals surface area contributed by atoms with E-state index in [1.54, 1.807) is 24.3 Å². The molecule has 123 heavy (non-hydrogen) atoms. The molecule has 0 aromatic heterocycles. The summed E-state index contributed by atoms with van der Waals surface area (Å²) in [4.78, 5) is 59.0. The average molecular weight is 1720 g/mol. The number of ether oxygens (including phenoxy) is 3. The van der Waals surface area contributed by atoms with E-state index < -0.39 is 247 Å². The van der Waals surface area contributed by atoms with Crippen molar-refractivity contribution in [1.82, 2.24) is 30.7 Å². The highest BCUT2D eigenvalue weighted by Crippen LogP contribution is 2.34. The van der Waals surface area contributed by atoms with Crippen molar-refractivity contribution in [2.24, 2.45) is 32.7 Å². The normalized spacial score (nSPS) is 29.3. The van der Waals surface area contributed by atoms with Crippen molar-refractivity contribution in [2.75, 3.05) is 153 Å². The minimum atomic E-state index is -3.72. The van der Waals surface area contributed by atoms with Crippen molar-refractivity contribution >= 4 is 52.3 Å². The SMILES string of the molecule is [2H]c1c(F)cc(C([2H])([2H])c2ccc3c(c2)C(NC(=O)c2ccc(N4C([2H])([2H])C([2H])([2H])N(C([2H])([2H])[2H])C([2H])([2H])C4([2H])[2H])cc2CC2CC([2H])([2H])OC([2H])([2H])C2)=NC3)cc1F.[2H]c1c(F)cc(C([2H])([2H])c2ccc3c(c2)C(NC(=O)c2ccc(N4C([2H])([2H])C([2H])([2H])N(C)C([2H])([2H])C4([2H])[2H])cc2CC2CC([2H])([2H])OC([2H])([2H])C2)=NC3)cc1F.[2H]c1c(F)cc(C([2H])([2H])c2ccc3c(c2)C(NC(=O)c2ccc(N4CCN(C([2H])([2H])[2H])CC4)cc2CC2CC([2H])([2H])OC([2H])([2H])C2)=NC3)cc1F. The van der Waals surface area contributed by atoms with Crippen molar-refractivity contribution in [3.8, 4) is 0 Å². The molecule has 9 aliphatic heterocycles. The molecule has 0 unspecified atom stereocenters. The van der Waals surface area contributed by atoms with Gasteiger partial charge in [-0.1, -0.05) is 36.4 Å². The van der Waals surface area contributed by atoms with Gasteiger partial charge in [-0.2, -0.15) is 0 Å². The average Bonchev–Trinajstić information content (AvgIpc) is 0.854. The van der Waals surface area contributed by atoms with Crippen LogP contribution in [0.25, 0.3) is 0 Å². The zero-order valence-electron chi connectivity index (χ0n) is 109. The second-order valence-electron chi connectivity index (χ2n) is 29.6. The lowest BCUT2D eigenvalue weighted by Crippen LogP contribution is -2.44. The molecule has 6 fully saturated rings. The van der Waals surface area contributed by atoms with Crippen molar-refractivity contribution in [3.63, 3.8) is 0 Å². The molecular formula is C99H108F6N12O6. The predicted octanol–water partition coefficient (Wildman–Crippen LogP) is 14.9. The summed E-state index contributed by atoms with van der Waals surface area (Å²) in [6, 6.07) is 26.0. The third-order valence-electron chi connectivity index (χ3n) is 20.8. The molecule has 18 rings (SSSR count). The Morgan fingerprint density at radius 3 is 0.992 bits per heavy atom. The molecule has 3 N–H and O–H groups in total. The standard InChI is InChI=1S/3C33H36F2N4O2/c3*1-38-8-10-39(11-9-38)29-4-5-30(26(19-29)15-22-6-12-41-13-7-22)33(40)37-32-31-18-23(2-3-25(31)21-36-32)14-24-16-27(34)20-28(35)17-24/h3*2-5,16-20,22H,6-15,21H2,1H3,(H,36,37,40)/i1D3,8D2,9D2,10D2,11D2,12D2,13D2,14D2,20D;8D2,9D2,10D2,11D2,12D2,13D2,14D2,20D;1D3,12D2,13D2,14D2,20D. The molecule has 642 valence electrons. The van der Waals surface area contributed by atoms with E-state index in [4.69, 9.17) is 73.2 Å². The largest absolute Gasteiger partial charge is 0.381 e. The molecule has 9 aromatic carbocycles. The Kier molecular flexibility index (Phi) is 15.5. The van der Waals surface area contributed by atoms with Gasteiger partial charge in [0.15, 0.2) is 0 Å². The molecule has 0 atom stereocenters. The number of hydrogen-bond acceptors (Lipinski definition) is 15. The summed E-state index contributed by atoms with van der Waals surface area (Å²) in [5.74, 6) is -12.0. The van der Waals surface area contributed by atoms with Crippen LogP contribution in [0.4, 0.5) is 43.4 Å². The molecule has 0 bridgehead atoms. The predicted molar refractivity (Wildman–Crippen MR) is 470 cm³/mol. The highest BCUT2D eigenvalue weighted by molar-refractivity contribution is 6.16. The minimum absolute atomic E-state index is 0.0133. The third kappa shape index (κ3) is 22.2. The zero-order valence-corrected chi connectivity index (χ0v) is 65.6. The number of halogens is 6. The molecule has 0 saturated carbocycles. The van der Waals surface area contributed by atoms with Crippen molar-refractivity contribution in [1.29, 1.82) is 0 Å². The van der Waals surface area contributed by atoms with Gasteiger partial charge in [0.2, 0.25) is 0 Å². The van der Waals surface area contributed by atoms with Crippen molar-refractivity contribution < 1.29 is 114 Å². The molecular weight excluding hydrogens is 1570 g/mol. The number of fused-ring (bicyclic) bond motifs is 3. The summed E-state index contributed by atoms with van der Waals surface area (Å²) in [5, 5.41) is 8.07. The smallest absolute Gasteiger partial charge is 0.257 e. The Morgan fingerprint density at radius 2 is 0.683 bits per heavy atom. The molecule has 9 aliphatic rings. The van der Waals surface area contributed by atoms with Gasteiger partial charge < -0.3 is 59.6 Å². The van der Waals surface area contributed by atoms with Crippen LogP contribution in [0.2, 0.25) is 0 Å². The first-order valence-electron chi connectivity index (χ1n) is 60.5. The van der Waals surface area contributed by atoms with Crippen LogP contribution in [0.15, 0.2) is 179 Å². The van der Waals surface area contributed by atoms with Gasteiger partial charge in [-0.25, -0.2) is 26.3 Å². The molecule has 0 spiro atoms. The van der Waals surface area contributed by atoms with Gasteiger partial charge in [0, 0.05) is 213 Å². The van der Waals surface area contributed by atoms with E-state index in [0.29, 0.717) is 75.9 Å². The fraction of sp³-hybridized carbons (Fsp3) is 0.394. The van der Waals surface area contributed by atoms with Crippen LogP contribution in [-0.2, 0) is 72.2 Å². The summed E-state index contributed by atoms with van der Waals surface area (Å²) in [6.07, 6.45) is -9.41. The van der Waals surface area contributed by atoms with Gasteiger partial charge in [0.05, 0.1) is 51.2 Å². The molecule has 0 radical (unpaired) electrons.